The highest BCUT2D eigenvalue weighted by molar-refractivity contribution is 5.97. The van der Waals surface area contributed by atoms with Crippen LogP contribution in [0.5, 0.6) is 0 Å². The third kappa shape index (κ3) is 4.72. The summed E-state index contributed by atoms with van der Waals surface area (Å²) in [6.07, 6.45) is 7.86. The number of aromatic nitrogens is 2. The zero-order chi connectivity index (χ0) is 23.2. The van der Waals surface area contributed by atoms with Crippen molar-refractivity contribution in [3.63, 3.8) is 0 Å². The van der Waals surface area contributed by atoms with Crippen molar-refractivity contribution in [3.05, 3.63) is 94.9 Å². The average molecular weight is 441 g/mol. The molecule has 0 unspecified atom stereocenters. The first-order valence-electron chi connectivity index (χ1n) is 11.0. The Morgan fingerprint density at radius 1 is 1.12 bits per heavy atom. The number of aliphatic hydroxyl groups is 1. The Kier molecular flexibility index (Phi) is 6.98. The first-order chi connectivity index (χ1) is 16.2. The number of carbonyl (C=O) groups is 1. The third-order valence-electron chi connectivity index (χ3n) is 6.01. The molecule has 1 heterocycles. The molecule has 0 aliphatic heterocycles. The predicted octanol–water partition coefficient (Wildman–Crippen LogP) is 4.06. The second kappa shape index (κ2) is 10.3. The third-order valence-corrected chi connectivity index (χ3v) is 6.01. The number of aliphatic hydroxyl groups excluding tert-OH is 1. The molecule has 0 bridgehead atoms. The monoisotopic (exact) mass is 440 g/mol. The fraction of sp³-hybridized carbons (Fsp3) is 0.185. The topological polar surface area (TPSA) is 104 Å². The minimum atomic E-state index is -0.0130. The van der Waals surface area contributed by atoms with Crippen LogP contribution in [0, 0.1) is 6.92 Å². The summed E-state index contributed by atoms with van der Waals surface area (Å²) in [5.74, 6) is 0. The Morgan fingerprint density at radius 3 is 2.61 bits per heavy atom. The van der Waals surface area contributed by atoms with E-state index in [1.165, 1.54) is 10.9 Å². The van der Waals surface area contributed by atoms with E-state index in [-0.39, 0.29) is 6.61 Å². The van der Waals surface area contributed by atoms with Crippen molar-refractivity contribution in [2.45, 2.75) is 26.4 Å². The summed E-state index contributed by atoms with van der Waals surface area (Å²) in [5, 5.41) is 21.5. The minimum Gasteiger partial charge on any atom is -0.392 e. The second-order valence-electron chi connectivity index (χ2n) is 8.05. The summed E-state index contributed by atoms with van der Waals surface area (Å²) in [5.41, 5.74) is 14.0. The lowest BCUT2D eigenvalue weighted by molar-refractivity contribution is -0.108. The number of nitrogens with two attached hydrogens (primary N) is 1. The number of benzene rings is 3. The number of nitrogens with zero attached hydrogens (tertiary/aromatic N) is 1. The van der Waals surface area contributed by atoms with Crippen molar-refractivity contribution in [1.29, 1.82) is 0 Å². The van der Waals surface area contributed by atoms with Gasteiger partial charge in [0.2, 0.25) is 6.41 Å². The predicted molar refractivity (Wildman–Crippen MR) is 132 cm³/mol. The van der Waals surface area contributed by atoms with Crippen LogP contribution in [0.4, 0.5) is 0 Å². The van der Waals surface area contributed by atoms with Crippen molar-refractivity contribution in [2.75, 3.05) is 6.54 Å². The maximum Gasteiger partial charge on any atom is 0.211 e. The minimum absolute atomic E-state index is 0.0130. The lowest BCUT2D eigenvalue weighted by Crippen LogP contribution is -2.05. The summed E-state index contributed by atoms with van der Waals surface area (Å²) in [4.78, 5) is 11.1. The van der Waals surface area contributed by atoms with Gasteiger partial charge in [-0.05, 0) is 76.5 Å². The molecule has 5 N–H and O–H groups in total. The Balaban J connectivity index is 1.94. The number of carbonyl (C=O) groups excluding carboxylic acids is 1. The highest BCUT2D eigenvalue weighted by atomic mass is 16.3. The van der Waals surface area contributed by atoms with Crippen molar-refractivity contribution < 1.29 is 9.90 Å². The molecule has 0 saturated carbocycles. The van der Waals surface area contributed by atoms with E-state index in [0.717, 1.165) is 57.2 Å². The van der Waals surface area contributed by atoms with E-state index >= 15 is 0 Å². The number of fused-ring (bicyclic) bond motifs is 1. The number of hydrogen-bond donors (Lipinski definition) is 4. The normalized spacial score (nSPS) is 11.7. The molecular weight excluding hydrogens is 412 g/mol. The highest BCUT2D eigenvalue weighted by Gasteiger charge is 2.15. The molecule has 4 rings (SSSR count). The van der Waals surface area contributed by atoms with Crippen molar-refractivity contribution in [2.24, 2.45) is 5.73 Å². The SMILES string of the molecule is Cc1c(/C(=C\NC=O)c2ccc(CO)cc2)cc(CCCN)c2ccc(-c3cn[nH]c3)cc12. The van der Waals surface area contributed by atoms with Gasteiger partial charge in [0, 0.05) is 23.5 Å². The lowest BCUT2D eigenvalue weighted by atomic mass is 9.86. The van der Waals surface area contributed by atoms with Crippen LogP contribution in [0.1, 0.15) is 34.2 Å². The van der Waals surface area contributed by atoms with Gasteiger partial charge in [-0.1, -0.05) is 42.5 Å². The Bertz CT molecular complexity index is 1280. The number of amides is 1. The van der Waals surface area contributed by atoms with Gasteiger partial charge in [-0.3, -0.25) is 9.89 Å². The molecular formula is C27H28N4O2. The summed E-state index contributed by atoms with van der Waals surface area (Å²) < 4.78 is 0. The van der Waals surface area contributed by atoms with E-state index in [1.54, 1.807) is 6.20 Å². The van der Waals surface area contributed by atoms with Crippen molar-refractivity contribution >= 4 is 22.8 Å². The average Bonchev–Trinajstić information content (AvgIpc) is 3.40. The molecule has 0 saturated heterocycles. The van der Waals surface area contributed by atoms with Crippen molar-refractivity contribution in [3.8, 4) is 11.1 Å². The van der Waals surface area contributed by atoms with Crippen LogP contribution < -0.4 is 11.1 Å². The van der Waals surface area contributed by atoms with E-state index in [0.29, 0.717) is 13.0 Å². The van der Waals surface area contributed by atoms with Crippen LogP contribution in [0.3, 0.4) is 0 Å². The van der Waals surface area contributed by atoms with Crippen LogP contribution in [-0.4, -0.2) is 28.3 Å². The highest BCUT2D eigenvalue weighted by Crippen LogP contribution is 2.35. The van der Waals surface area contributed by atoms with Gasteiger partial charge in [-0.25, -0.2) is 0 Å². The number of H-pyrrole nitrogens is 1. The number of aryl methyl sites for hydroxylation is 2. The fourth-order valence-electron chi connectivity index (χ4n) is 4.23. The molecule has 0 aliphatic carbocycles. The summed E-state index contributed by atoms with van der Waals surface area (Å²) in [6, 6.07) is 16.4. The van der Waals surface area contributed by atoms with Crippen LogP contribution in [0.25, 0.3) is 27.5 Å². The zero-order valence-corrected chi connectivity index (χ0v) is 18.6. The van der Waals surface area contributed by atoms with E-state index in [1.807, 2.05) is 36.7 Å². The quantitative estimate of drug-likeness (QED) is 0.295. The molecule has 33 heavy (non-hydrogen) atoms. The van der Waals surface area contributed by atoms with Gasteiger partial charge >= 0.3 is 0 Å². The zero-order valence-electron chi connectivity index (χ0n) is 18.6. The van der Waals surface area contributed by atoms with Crippen LogP contribution in [0.15, 0.2) is 67.1 Å². The maximum absolute atomic E-state index is 11.1. The van der Waals surface area contributed by atoms with Gasteiger partial charge in [0.25, 0.3) is 0 Å². The molecule has 6 heteroatoms. The smallest absolute Gasteiger partial charge is 0.211 e. The van der Waals surface area contributed by atoms with Crippen LogP contribution in [0.2, 0.25) is 0 Å². The van der Waals surface area contributed by atoms with Gasteiger partial charge in [-0.15, -0.1) is 0 Å². The van der Waals surface area contributed by atoms with Gasteiger partial charge in [0.05, 0.1) is 12.8 Å². The Morgan fingerprint density at radius 2 is 1.94 bits per heavy atom. The molecule has 0 fully saturated rings. The van der Waals surface area contributed by atoms with Crippen LogP contribution in [-0.2, 0) is 17.8 Å². The number of nitrogens with one attached hydrogen (secondary N) is 2. The lowest BCUT2D eigenvalue weighted by Gasteiger charge is -2.18. The Hall–Kier alpha value is -3.74. The fourth-order valence-corrected chi connectivity index (χ4v) is 4.23. The van der Waals surface area contributed by atoms with Gasteiger partial charge in [0.15, 0.2) is 0 Å². The number of hydrogen-bond acceptors (Lipinski definition) is 4. The molecule has 1 amide bonds. The largest absolute Gasteiger partial charge is 0.392 e. The van der Waals surface area contributed by atoms with E-state index in [9.17, 15) is 9.90 Å². The van der Waals surface area contributed by atoms with Gasteiger partial charge in [0.1, 0.15) is 0 Å². The van der Waals surface area contributed by atoms with Crippen LogP contribution >= 0.6 is 0 Å². The molecule has 168 valence electrons. The summed E-state index contributed by atoms with van der Waals surface area (Å²) in [6.45, 7) is 2.72. The van der Waals surface area contributed by atoms with Gasteiger partial charge in [-0.2, -0.15) is 5.10 Å². The Labute approximate surface area is 193 Å². The molecule has 1 aromatic heterocycles. The maximum atomic E-state index is 11.1. The first kappa shape index (κ1) is 22.5. The number of rotatable bonds is 9. The first-order valence-corrected chi connectivity index (χ1v) is 11.0. The standard InChI is InChI=1S/C27H28N4O2/c1-18-25-11-21(23-13-30-31-14-23)8-9-24(25)22(3-2-10-28)12-26(18)27(15-29-17-33)20-6-4-19(16-32)5-7-20/h4-9,11-15,17,32H,2-3,10,16,28H2,1H3,(H,29,33)(H,30,31)/b27-15-. The van der Waals surface area contributed by atoms with E-state index in [2.05, 4.69) is 46.7 Å². The molecule has 3 aromatic carbocycles. The molecule has 0 atom stereocenters. The van der Waals surface area contributed by atoms with Crippen molar-refractivity contribution in [1.82, 2.24) is 15.5 Å². The second-order valence-corrected chi connectivity index (χ2v) is 8.05. The molecule has 0 spiro atoms. The summed E-state index contributed by atoms with van der Waals surface area (Å²) >= 11 is 0. The van der Waals surface area contributed by atoms with E-state index < -0.39 is 0 Å². The molecule has 6 nitrogen and oxygen atoms in total. The summed E-state index contributed by atoms with van der Waals surface area (Å²) in [7, 11) is 0. The molecule has 4 aromatic rings. The van der Waals surface area contributed by atoms with E-state index in [4.69, 9.17) is 5.73 Å². The molecule has 0 radical (unpaired) electrons. The van der Waals surface area contributed by atoms with Gasteiger partial charge < -0.3 is 16.2 Å². The number of aromatic amines is 1. The molecule has 0 aliphatic rings.